The van der Waals surface area contributed by atoms with Gasteiger partial charge in [0.2, 0.25) is 0 Å². The van der Waals surface area contributed by atoms with Crippen LogP contribution >= 0.6 is 0 Å². The third kappa shape index (κ3) is 4.26. The molecule has 3 rings (SSSR count). The Morgan fingerprint density at radius 1 is 1.20 bits per heavy atom. The molecule has 0 amide bonds. The summed E-state index contributed by atoms with van der Waals surface area (Å²) in [6, 6.07) is 0.731. The summed E-state index contributed by atoms with van der Waals surface area (Å²) >= 11 is 0. The Kier molecular flexibility index (Phi) is 4.65. The molecule has 1 aromatic rings. The lowest BCUT2D eigenvalue weighted by Crippen LogP contribution is -2.31. The second kappa shape index (κ2) is 6.65. The molecule has 6 nitrogen and oxygen atoms in total. The first-order chi connectivity index (χ1) is 9.79. The van der Waals surface area contributed by atoms with E-state index in [4.69, 9.17) is 0 Å². The highest BCUT2D eigenvalue weighted by Gasteiger charge is 2.20. The van der Waals surface area contributed by atoms with Crippen molar-refractivity contribution in [2.75, 3.05) is 39.8 Å². The minimum absolute atomic E-state index is 0.731. The van der Waals surface area contributed by atoms with E-state index in [0.29, 0.717) is 0 Å². The van der Waals surface area contributed by atoms with Gasteiger partial charge in [0.05, 0.1) is 12.2 Å². The number of aromatic nitrogens is 3. The van der Waals surface area contributed by atoms with E-state index >= 15 is 0 Å². The van der Waals surface area contributed by atoms with E-state index in [0.717, 1.165) is 31.4 Å². The number of nitrogens with zero attached hydrogens (tertiary/aromatic N) is 5. The molecule has 1 aliphatic heterocycles. The van der Waals surface area contributed by atoms with Gasteiger partial charge in [0.1, 0.15) is 0 Å². The molecule has 2 fully saturated rings. The molecular formula is C14H26N6. The van der Waals surface area contributed by atoms with Crippen LogP contribution in [0, 0.1) is 0 Å². The fraction of sp³-hybridized carbons (Fsp3) is 0.857. The molecule has 0 aromatic carbocycles. The first-order valence-electron chi connectivity index (χ1n) is 7.83. The Morgan fingerprint density at radius 3 is 2.95 bits per heavy atom. The van der Waals surface area contributed by atoms with Gasteiger partial charge >= 0.3 is 0 Å². The molecule has 0 bridgehead atoms. The zero-order valence-corrected chi connectivity index (χ0v) is 12.5. The minimum Gasteiger partial charge on any atom is -0.308 e. The zero-order valence-electron chi connectivity index (χ0n) is 12.5. The lowest BCUT2D eigenvalue weighted by molar-refractivity contribution is 0.262. The monoisotopic (exact) mass is 278 g/mol. The van der Waals surface area contributed by atoms with Gasteiger partial charge in [-0.1, -0.05) is 5.21 Å². The summed E-state index contributed by atoms with van der Waals surface area (Å²) in [5.41, 5.74) is 1.06. The summed E-state index contributed by atoms with van der Waals surface area (Å²) < 4.78 is 1.98. The molecule has 1 saturated heterocycles. The van der Waals surface area contributed by atoms with Crippen LogP contribution in [-0.4, -0.2) is 70.6 Å². The second-order valence-electron chi connectivity index (χ2n) is 6.13. The van der Waals surface area contributed by atoms with Crippen LogP contribution < -0.4 is 5.32 Å². The molecule has 1 N–H and O–H groups in total. The zero-order chi connectivity index (χ0) is 13.8. The number of hydrogen-bond acceptors (Lipinski definition) is 5. The smallest absolute Gasteiger partial charge is 0.0964 e. The largest absolute Gasteiger partial charge is 0.308 e. The summed E-state index contributed by atoms with van der Waals surface area (Å²) in [6.07, 6.45) is 5.98. The lowest BCUT2D eigenvalue weighted by Gasteiger charge is -2.19. The van der Waals surface area contributed by atoms with Gasteiger partial charge in [-0.3, -0.25) is 4.68 Å². The summed E-state index contributed by atoms with van der Waals surface area (Å²) in [4.78, 5) is 4.95. The minimum atomic E-state index is 0.731. The predicted molar refractivity (Wildman–Crippen MR) is 78.4 cm³/mol. The van der Waals surface area contributed by atoms with Gasteiger partial charge in [-0.25, -0.2) is 0 Å². The van der Waals surface area contributed by atoms with Crippen LogP contribution in [0.15, 0.2) is 6.20 Å². The molecule has 20 heavy (non-hydrogen) atoms. The molecule has 0 radical (unpaired) electrons. The molecule has 2 aliphatic rings. The number of likely N-dealkylation sites (N-methyl/N-ethyl adjacent to an activating group) is 1. The molecule has 1 saturated carbocycles. The van der Waals surface area contributed by atoms with Crippen LogP contribution in [0.2, 0.25) is 0 Å². The van der Waals surface area contributed by atoms with Crippen molar-refractivity contribution in [3.8, 4) is 0 Å². The molecule has 1 aromatic heterocycles. The van der Waals surface area contributed by atoms with E-state index in [1.807, 2.05) is 4.68 Å². The van der Waals surface area contributed by atoms with Crippen molar-refractivity contribution in [1.82, 2.24) is 30.1 Å². The fourth-order valence-electron chi connectivity index (χ4n) is 2.63. The van der Waals surface area contributed by atoms with E-state index in [1.54, 1.807) is 0 Å². The Bertz CT molecular complexity index is 414. The van der Waals surface area contributed by atoms with Gasteiger partial charge in [0.25, 0.3) is 0 Å². The van der Waals surface area contributed by atoms with Crippen LogP contribution in [0.1, 0.15) is 25.0 Å². The number of hydrogen-bond donors (Lipinski definition) is 1. The Balaban J connectivity index is 1.40. The van der Waals surface area contributed by atoms with Gasteiger partial charge < -0.3 is 15.1 Å². The Hall–Kier alpha value is -0.980. The van der Waals surface area contributed by atoms with Gasteiger partial charge in [0, 0.05) is 38.4 Å². The summed E-state index contributed by atoms with van der Waals surface area (Å²) in [6.45, 7) is 7.65. The van der Waals surface area contributed by atoms with Crippen LogP contribution in [0.4, 0.5) is 0 Å². The van der Waals surface area contributed by atoms with Gasteiger partial charge in [-0.15, -0.1) is 5.10 Å². The Labute approximate surface area is 121 Å². The number of nitrogens with one attached hydrogen (secondary N) is 1. The summed E-state index contributed by atoms with van der Waals surface area (Å²) in [5.74, 6) is 0. The van der Waals surface area contributed by atoms with Gasteiger partial charge in [0.15, 0.2) is 0 Å². The third-order valence-corrected chi connectivity index (χ3v) is 4.19. The first kappa shape index (κ1) is 14.0. The van der Waals surface area contributed by atoms with Crippen LogP contribution in [0.25, 0.3) is 0 Å². The molecule has 6 heteroatoms. The van der Waals surface area contributed by atoms with E-state index in [2.05, 4.69) is 38.7 Å². The van der Waals surface area contributed by atoms with Gasteiger partial charge in [-0.2, -0.15) is 0 Å². The fourth-order valence-corrected chi connectivity index (χ4v) is 2.63. The van der Waals surface area contributed by atoms with Gasteiger partial charge in [-0.05, 0) is 39.4 Å². The molecule has 0 unspecified atom stereocenters. The topological polar surface area (TPSA) is 49.2 Å². The maximum atomic E-state index is 4.23. The highest BCUT2D eigenvalue weighted by atomic mass is 15.4. The van der Waals surface area contributed by atoms with Crippen molar-refractivity contribution in [3.63, 3.8) is 0 Å². The van der Waals surface area contributed by atoms with Crippen molar-refractivity contribution in [2.24, 2.45) is 0 Å². The van der Waals surface area contributed by atoms with Crippen molar-refractivity contribution in [3.05, 3.63) is 11.9 Å². The molecule has 0 spiro atoms. The summed E-state index contributed by atoms with van der Waals surface area (Å²) in [7, 11) is 2.21. The Morgan fingerprint density at radius 2 is 2.10 bits per heavy atom. The maximum absolute atomic E-state index is 4.23. The maximum Gasteiger partial charge on any atom is 0.0964 e. The van der Waals surface area contributed by atoms with Crippen molar-refractivity contribution < 1.29 is 0 Å². The van der Waals surface area contributed by atoms with E-state index in [9.17, 15) is 0 Å². The van der Waals surface area contributed by atoms with Crippen LogP contribution in [0.3, 0.4) is 0 Å². The predicted octanol–water partition coefficient (Wildman–Crippen LogP) is 0.168. The average molecular weight is 278 g/mol. The molecule has 2 heterocycles. The molecule has 112 valence electrons. The van der Waals surface area contributed by atoms with Crippen molar-refractivity contribution in [2.45, 2.75) is 38.4 Å². The van der Waals surface area contributed by atoms with Crippen molar-refractivity contribution >= 4 is 0 Å². The van der Waals surface area contributed by atoms with E-state index in [-0.39, 0.29) is 0 Å². The highest BCUT2D eigenvalue weighted by Crippen LogP contribution is 2.18. The van der Waals surface area contributed by atoms with Crippen LogP contribution in [0.5, 0.6) is 0 Å². The SMILES string of the molecule is CN1CCCN(CCn2cc(CNC3CC3)nn2)CC1. The second-order valence-corrected chi connectivity index (χ2v) is 6.13. The van der Waals surface area contributed by atoms with Crippen LogP contribution in [-0.2, 0) is 13.1 Å². The van der Waals surface area contributed by atoms with Crippen molar-refractivity contribution in [1.29, 1.82) is 0 Å². The quantitative estimate of drug-likeness (QED) is 0.804. The first-order valence-corrected chi connectivity index (χ1v) is 7.83. The van der Waals surface area contributed by atoms with E-state index in [1.165, 1.54) is 45.4 Å². The lowest BCUT2D eigenvalue weighted by atomic mass is 10.4. The number of rotatable bonds is 6. The summed E-state index contributed by atoms with van der Waals surface area (Å²) in [5, 5.41) is 11.9. The van der Waals surface area contributed by atoms with E-state index < -0.39 is 0 Å². The molecule has 0 atom stereocenters. The molecular weight excluding hydrogens is 252 g/mol. The molecule has 1 aliphatic carbocycles. The highest BCUT2D eigenvalue weighted by molar-refractivity contribution is 4.94. The standard InChI is InChI=1S/C14H26N6/c1-18-5-2-6-19(8-7-18)9-10-20-12-14(16-17-20)11-15-13-3-4-13/h12-13,15H,2-11H2,1H3. The average Bonchev–Trinajstić information content (AvgIpc) is 3.20. The normalized spacial score (nSPS) is 22.1. The third-order valence-electron chi connectivity index (χ3n) is 4.19.